The maximum atomic E-state index is 12.3. The standard InChI is InChI=1S/C15H24N2O2S/c1-4-15(2,3)11-16-13-7-5-6-8-14(13)20(18,19)17-12-9-10-12/h5-8,12,16-17H,4,9-11H2,1-3H3. The third-order valence-electron chi connectivity index (χ3n) is 3.79. The fraction of sp³-hybridized carbons (Fsp3) is 0.600. The molecule has 0 aromatic heterocycles. The topological polar surface area (TPSA) is 58.2 Å². The van der Waals surface area contributed by atoms with E-state index in [1.807, 2.05) is 12.1 Å². The van der Waals surface area contributed by atoms with Crippen molar-refractivity contribution < 1.29 is 8.42 Å². The second kappa shape index (κ2) is 5.74. The number of hydrogen-bond acceptors (Lipinski definition) is 3. The van der Waals surface area contributed by atoms with Gasteiger partial charge in [-0.3, -0.25) is 0 Å². The molecular weight excluding hydrogens is 272 g/mol. The molecular formula is C15H24N2O2S. The van der Waals surface area contributed by atoms with Gasteiger partial charge in [-0.1, -0.05) is 32.9 Å². The molecule has 5 heteroatoms. The Labute approximate surface area is 122 Å². The second-order valence-electron chi connectivity index (χ2n) is 6.26. The van der Waals surface area contributed by atoms with Crippen molar-refractivity contribution in [3.8, 4) is 0 Å². The molecule has 2 rings (SSSR count). The van der Waals surface area contributed by atoms with E-state index in [0.29, 0.717) is 10.6 Å². The number of hydrogen-bond donors (Lipinski definition) is 2. The molecule has 1 aliphatic rings. The molecule has 0 amide bonds. The first-order chi connectivity index (χ1) is 9.34. The summed E-state index contributed by atoms with van der Waals surface area (Å²) >= 11 is 0. The third kappa shape index (κ3) is 3.96. The SMILES string of the molecule is CCC(C)(C)CNc1ccccc1S(=O)(=O)NC1CC1. The summed E-state index contributed by atoms with van der Waals surface area (Å²) in [7, 11) is -3.41. The van der Waals surface area contributed by atoms with Gasteiger partial charge in [0, 0.05) is 12.6 Å². The zero-order valence-corrected chi connectivity index (χ0v) is 13.3. The maximum absolute atomic E-state index is 12.3. The van der Waals surface area contributed by atoms with Crippen LogP contribution in [0, 0.1) is 5.41 Å². The van der Waals surface area contributed by atoms with Crippen LogP contribution in [0.1, 0.15) is 40.0 Å². The van der Waals surface area contributed by atoms with Crippen molar-refractivity contribution in [3.05, 3.63) is 24.3 Å². The molecule has 0 saturated heterocycles. The highest BCUT2D eigenvalue weighted by molar-refractivity contribution is 7.89. The molecule has 20 heavy (non-hydrogen) atoms. The lowest BCUT2D eigenvalue weighted by molar-refractivity contribution is 0.376. The minimum absolute atomic E-state index is 0.125. The van der Waals surface area contributed by atoms with Gasteiger partial charge in [0.1, 0.15) is 4.90 Å². The Morgan fingerprint density at radius 1 is 1.25 bits per heavy atom. The van der Waals surface area contributed by atoms with E-state index in [2.05, 4.69) is 30.8 Å². The molecule has 0 unspecified atom stereocenters. The largest absolute Gasteiger partial charge is 0.383 e. The van der Waals surface area contributed by atoms with E-state index in [1.165, 1.54) is 0 Å². The molecule has 0 radical (unpaired) electrons. The Morgan fingerprint density at radius 2 is 1.90 bits per heavy atom. The van der Waals surface area contributed by atoms with Crippen molar-refractivity contribution in [2.75, 3.05) is 11.9 Å². The van der Waals surface area contributed by atoms with Crippen LogP contribution in [0.25, 0.3) is 0 Å². The second-order valence-corrected chi connectivity index (χ2v) is 7.95. The molecule has 0 bridgehead atoms. The molecule has 0 heterocycles. The summed E-state index contributed by atoms with van der Waals surface area (Å²) in [5, 5.41) is 3.29. The molecule has 1 fully saturated rings. The fourth-order valence-corrected chi connectivity index (χ4v) is 3.28. The number of para-hydroxylation sites is 1. The summed E-state index contributed by atoms with van der Waals surface area (Å²) in [6.07, 6.45) is 2.92. The van der Waals surface area contributed by atoms with Crippen LogP contribution in [-0.4, -0.2) is 21.0 Å². The Kier molecular flexibility index (Phi) is 4.39. The lowest BCUT2D eigenvalue weighted by Crippen LogP contribution is -2.28. The van der Waals surface area contributed by atoms with Crippen LogP contribution >= 0.6 is 0 Å². The van der Waals surface area contributed by atoms with Gasteiger partial charge in [-0.25, -0.2) is 13.1 Å². The molecule has 1 saturated carbocycles. The number of benzene rings is 1. The molecule has 2 N–H and O–H groups in total. The van der Waals surface area contributed by atoms with Crippen molar-refractivity contribution in [3.63, 3.8) is 0 Å². The lowest BCUT2D eigenvalue weighted by atomic mass is 9.90. The monoisotopic (exact) mass is 296 g/mol. The predicted molar refractivity (Wildman–Crippen MR) is 82.3 cm³/mol. The van der Waals surface area contributed by atoms with Gasteiger partial charge >= 0.3 is 0 Å². The smallest absolute Gasteiger partial charge is 0.242 e. The third-order valence-corrected chi connectivity index (χ3v) is 5.37. The zero-order chi connectivity index (χ0) is 14.8. The van der Waals surface area contributed by atoms with Crippen LogP contribution in [0.3, 0.4) is 0 Å². The van der Waals surface area contributed by atoms with Gasteiger partial charge in [0.25, 0.3) is 0 Å². The minimum atomic E-state index is -3.41. The highest BCUT2D eigenvalue weighted by atomic mass is 32.2. The summed E-state index contributed by atoms with van der Waals surface area (Å²) < 4.78 is 27.4. The molecule has 112 valence electrons. The van der Waals surface area contributed by atoms with Gasteiger partial charge in [0.15, 0.2) is 0 Å². The van der Waals surface area contributed by atoms with Crippen LogP contribution in [0.15, 0.2) is 29.2 Å². The van der Waals surface area contributed by atoms with Crippen molar-refractivity contribution in [2.45, 2.75) is 51.0 Å². The summed E-state index contributed by atoms with van der Waals surface area (Å²) in [4.78, 5) is 0.346. The minimum Gasteiger partial charge on any atom is -0.383 e. The molecule has 1 aliphatic carbocycles. The van der Waals surface area contributed by atoms with Gasteiger partial charge in [-0.15, -0.1) is 0 Å². The van der Waals surface area contributed by atoms with Gasteiger partial charge in [0.05, 0.1) is 5.69 Å². The summed E-state index contributed by atoms with van der Waals surface area (Å²) in [5.74, 6) is 0. The van der Waals surface area contributed by atoms with Gasteiger partial charge < -0.3 is 5.32 Å². The van der Waals surface area contributed by atoms with Crippen molar-refractivity contribution in [1.29, 1.82) is 0 Å². The van der Waals surface area contributed by atoms with E-state index >= 15 is 0 Å². The van der Waals surface area contributed by atoms with E-state index in [1.54, 1.807) is 12.1 Å². The van der Waals surface area contributed by atoms with E-state index < -0.39 is 10.0 Å². The van der Waals surface area contributed by atoms with Crippen LogP contribution in [0.2, 0.25) is 0 Å². The predicted octanol–water partition coefficient (Wildman–Crippen LogP) is 2.98. The first-order valence-electron chi connectivity index (χ1n) is 7.19. The molecule has 1 aromatic carbocycles. The quantitative estimate of drug-likeness (QED) is 0.813. The van der Waals surface area contributed by atoms with E-state index in [-0.39, 0.29) is 11.5 Å². The highest BCUT2D eigenvalue weighted by Gasteiger charge is 2.29. The number of anilines is 1. The van der Waals surface area contributed by atoms with Crippen LogP contribution in [-0.2, 0) is 10.0 Å². The molecule has 0 aliphatic heterocycles. The normalized spacial score (nSPS) is 16.1. The first kappa shape index (κ1) is 15.3. The maximum Gasteiger partial charge on any atom is 0.242 e. The highest BCUT2D eigenvalue weighted by Crippen LogP contribution is 2.27. The summed E-state index contributed by atoms with van der Waals surface area (Å²) in [6, 6.07) is 7.23. The lowest BCUT2D eigenvalue weighted by Gasteiger charge is -2.24. The Morgan fingerprint density at radius 3 is 2.50 bits per heavy atom. The molecule has 4 nitrogen and oxygen atoms in total. The molecule has 0 spiro atoms. The fourth-order valence-electron chi connectivity index (χ4n) is 1.79. The van der Waals surface area contributed by atoms with Gasteiger partial charge in [-0.2, -0.15) is 0 Å². The van der Waals surface area contributed by atoms with E-state index in [0.717, 1.165) is 25.8 Å². The Hall–Kier alpha value is -1.07. The van der Waals surface area contributed by atoms with E-state index in [4.69, 9.17) is 0 Å². The van der Waals surface area contributed by atoms with Gasteiger partial charge in [0.2, 0.25) is 10.0 Å². The van der Waals surface area contributed by atoms with Crippen molar-refractivity contribution in [1.82, 2.24) is 4.72 Å². The van der Waals surface area contributed by atoms with Crippen molar-refractivity contribution >= 4 is 15.7 Å². The summed E-state index contributed by atoms with van der Waals surface area (Å²) in [6.45, 7) is 7.22. The van der Waals surface area contributed by atoms with Crippen LogP contribution < -0.4 is 10.0 Å². The van der Waals surface area contributed by atoms with Crippen molar-refractivity contribution in [2.24, 2.45) is 5.41 Å². The zero-order valence-electron chi connectivity index (χ0n) is 12.4. The number of nitrogens with one attached hydrogen (secondary N) is 2. The van der Waals surface area contributed by atoms with Crippen LogP contribution in [0.4, 0.5) is 5.69 Å². The Balaban J connectivity index is 2.17. The number of rotatable bonds is 7. The first-order valence-corrected chi connectivity index (χ1v) is 8.68. The Bertz CT molecular complexity index is 563. The average molecular weight is 296 g/mol. The molecule has 0 atom stereocenters. The van der Waals surface area contributed by atoms with Crippen LogP contribution in [0.5, 0.6) is 0 Å². The average Bonchev–Trinajstić information content (AvgIpc) is 3.20. The van der Waals surface area contributed by atoms with Gasteiger partial charge in [-0.05, 0) is 36.8 Å². The summed E-state index contributed by atoms with van der Waals surface area (Å²) in [5.41, 5.74) is 0.822. The van der Waals surface area contributed by atoms with E-state index in [9.17, 15) is 8.42 Å². The number of sulfonamides is 1. The molecule has 1 aromatic rings.